The molecule has 3 unspecified atom stereocenters. The molecular formula is C20H23NO. The van der Waals surface area contributed by atoms with Gasteiger partial charge in [-0.15, -0.1) is 0 Å². The first-order valence-electron chi connectivity index (χ1n) is 8.13. The van der Waals surface area contributed by atoms with Crippen LogP contribution in [0.15, 0.2) is 60.7 Å². The smallest absolute Gasteiger partial charge is 0.223 e. The molecule has 1 aliphatic carbocycles. The summed E-state index contributed by atoms with van der Waals surface area (Å²) in [6.07, 6.45) is 2.98. The second kappa shape index (κ2) is 6.78. The van der Waals surface area contributed by atoms with E-state index in [9.17, 15) is 4.79 Å². The molecule has 0 heterocycles. The summed E-state index contributed by atoms with van der Waals surface area (Å²) in [7, 11) is 0. The Labute approximate surface area is 132 Å². The number of rotatable bonds is 6. The highest BCUT2D eigenvalue weighted by Crippen LogP contribution is 2.47. The Hall–Kier alpha value is -2.09. The van der Waals surface area contributed by atoms with E-state index in [1.165, 1.54) is 11.1 Å². The van der Waals surface area contributed by atoms with Gasteiger partial charge in [0.05, 0.1) is 0 Å². The van der Waals surface area contributed by atoms with E-state index in [1.807, 2.05) is 24.3 Å². The van der Waals surface area contributed by atoms with Gasteiger partial charge in [-0.25, -0.2) is 0 Å². The van der Waals surface area contributed by atoms with E-state index in [4.69, 9.17) is 0 Å². The van der Waals surface area contributed by atoms with Crippen LogP contribution in [-0.2, 0) is 11.2 Å². The molecule has 1 aliphatic rings. The molecule has 0 aromatic heterocycles. The van der Waals surface area contributed by atoms with Crippen molar-refractivity contribution in [1.29, 1.82) is 0 Å². The summed E-state index contributed by atoms with van der Waals surface area (Å²) < 4.78 is 0. The number of carbonyl (C=O) groups excluding carboxylic acids is 1. The second-order valence-corrected chi connectivity index (χ2v) is 6.29. The predicted molar refractivity (Wildman–Crippen MR) is 89.7 cm³/mol. The standard InChI is InChI=1S/C20H23NO/c1-15(12-13-16-8-4-2-5-9-16)21-20(22)19-14-18(19)17-10-6-3-7-11-17/h2-11,15,18-19H,12-14H2,1H3,(H,21,22). The van der Waals surface area contributed by atoms with E-state index in [-0.39, 0.29) is 17.9 Å². The summed E-state index contributed by atoms with van der Waals surface area (Å²) in [4.78, 5) is 12.3. The van der Waals surface area contributed by atoms with Crippen LogP contribution in [0, 0.1) is 5.92 Å². The monoisotopic (exact) mass is 293 g/mol. The van der Waals surface area contributed by atoms with Gasteiger partial charge in [0.25, 0.3) is 0 Å². The van der Waals surface area contributed by atoms with Gasteiger partial charge in [0.1, 0.15) is 0 Å². The molecule has 2 aromatic carbocycles. The average Bonchev–Trinajstić information content (AvgIpc) is 3.35. The molecule has 0 bridgehead atoms. The number of carbonyl (C=O) groups is 1. The molecule has 1 fully saturated rings. The SMILES string of the molecule is CC(CCc1ccccc1)NC(=O)C1CC1c1ccccc1. The molecule has 0 spiro atoms. The van der Waals surface area contributed by atoms with E-state index < -0.39 is 0 Å². The van der Waals surface area contributed by atoms with Crippen LogP contribution >= 0.6 is 0 Å². The lowest BCUT2D eigenvalue weighted by molar-refractivity contribution is -0.123. The first-order valence-corrected chi connectivity index (χ1v) is 8.13. The van der Waals surface area contributed by atoms with Gasteiger partial charge in [-0.3, -0.25) is 4.79 Å². The number of amides is 1. The number of aryl methyl sites for hydroxylation is 1. The van der Waals surface area contributed by atoms with Crippen LogP contribution < -0.4 is 5.32 Å². The van der Waals surface area contributed by atoms with E-state index in [0.29, 0.717) is 5.92 Å². The van der Waals surface area contributed by atoms with Crippen LogP contribution in [-0.4, -0.2) is 11.9 Å². The third-order valence-corrected chi connectivity index (χ3v) is 4.45. The number of nitrogens with one attached hydrogen (secondary N) is 1. The average molecular weight is 293 g/mol. The lowest BCUT2D eigenvalue weighted by Crippen LogP contribution is -2.34. The fraction of sp³-hybridized carbons (Fsp3) is 0.350. The van der Waals surface area contributed by atoms with E-state index in [0.717, 1.165) is 19.3 Å². The van der Waals surface area contributed by atoms with Crippen molar-refractivity contribution in [3.05, 3.63) is 71.8 Å². The zero-order chi connectivity index (χ0) is 15.4. The summed E-state index contributed by atoms with van der Waals surface area (Å²) in [5.74, 6) is 0.804. The van der Waals surface area contributed by atoms with Gasteiger partial charge in [0.15, 0.2) is 0 Å². The van der Waals surface area contributed by atoms with Gasteiger partial charge in [0.2, 0.25) is 5.91 Å². The van der Waals surface area contributed by atoms with Crippen LogP contribution in [0.25, 0.3) is 0 Å². The topological polar surface area (TPSA) is 29.1 Å². The second-order valence-electron chi connectivity index (χ2n) is 6.29. The van der Waals surface area contributed by atoms with Gasteiger partial charge in [-0.05, 0) is 43.2 Å². The molecule has 1 saturated carbocycles. The van der Waals surface area contributed by atoms with Crippen molar-refractivity contribution in [2.45, 2.75) is 38.1 Å². The molecule has 3 atom stereocenters. The van der Waals surface area contributed by atoms with E-state index in [2.05, 4.69) is 48.6 Å². The zero-order valence-corrected chi connectivity index (χ0v) is 13.0. The Morgan fingerprint density at radius 3 is 2.41 bits per heavy atom. The Bertz CT molecular complexity index is 608. The van der Waals surface area contributed by atoms with Crippen molar-refractivity contribution in [3.8, 4) is 0 Å². The van der Waals surface area contributed by atoms with Crippen LogP contribution in [0.2, 0.25) is 0 Å². The Morgan fingerprint density at radius 2 is 1.73 bits per heavy atom. The van der Waals surface area contributed by atoms with Crippen LogP contribution in [0.4, 0.5) is 0 Å². The molecular weight excluding hydrogens is 270 g/mol. The highest BCUT2D eigenvalue weighted by Gasteiger charge is 2.43. The summed E-state index contributed by atoms with van der Waals surface area (Å²) in [5, 5.41) is 3.17. The van der Waals surface area contributed by atoms with Gasteiger partial charge in [-0.1, -0.05) is 60.7 Å². The summed E-state index contributed by atoms with van der Waals surface area (Å²) >= 11 is 0. The Kier molecular flexibility index (Phi) is 4.57. The largest absolute Gasteiger partial charge is 0.353 e. The van der Waals surface area contributed by atoms with Crippen molar-refractivity contribution >= 4 is 5.91 Å². The number of hydrogen-bond donors (Lipinski definition) is 1. The lowest BCUT2D eigenvalue weighted by Gasteiger charge is -2.14. The Balaban J connectivity index is 1.44. The van der Waals surface area contributed by atoms with E-state index in [1.54, 1.807) is 0 Å². The van der Waals surface area contributed by atoms with Crippen LogP contribution in [0.3, 0.4) is 0 Å². The third-order valence-electron chi connectivity index (χ3n) is 4.45. The third kappa shape index (κ3) is 3.76. The molecule has 1 N–H and O–H groups in total. The van der Waals surface area contributed by atoms with Gasteiger partial charge < -0.3 is 5.32 Å². The van der Waals surface area contributed by atoms with Gasteiger partial charge >= 0.3 is 0 Å². The van der Waals surface area contributed by atoms with Crippen molar-refractivity contribution in [2.75, 3.05) is 0 Å². The van der Waals surface area contributed by atoms with Crippen molar-refractivity contribution in [2.24, 2.45) is 5.92 Å². The van der Waals surface area contributed by atoms with Crippen molar-refractivity contribution in [1.82, 2.24) is 5.32 Å². The molecule has 0 radical (unpaired) electrons. The maximum Gasteiger partial charge on any atom is 0.223 e. The van der Waals surface area contributed by atoms with Gasteiger partial charge in [0, 0.05) is 12.0 Å². The molecule has 22 heavy (non-hydrogen) atoms. The maximum absolute atomic E-state index is 12.3. The predicted octanol–water partition coefficient (Wildman–Crippen LogP) is 3.93. The normalized spacial score (nSPS) is 21.1. The fourth-order valence-electron chi connectivity index (χ4n) is 3.00. The van der Waals surface area contributed by atoms with Gasteiger partial charge in [-0.2, -0.15) is 0 Å². The minimum absolute atomic E-state index is 0.168. The highest BCUT2D eigenvalue weighted by atomic mass is 16.2. The minimum atomic E-state index is 0.168. The number of benzene rings is 2. The fourth-order valence-corrected chi connectivity index (χ4v) is 3.00. The Morgan fingerprint density at radius 1 is 1.09 bits per heavy atom. The first kappa shape index (κ1) is 14.8. The first-order chi connectivity index (χ1) is 10.7. The molecule has 114 valence electrons. The summed E-state index contributed by atoms with van der Waals surface area (Å²) in [5.41, 5.74) is 2.62. The molecule has 2 aromatic rings. The zero-order valence-electron chi connectivity index (χ0n) is 13.0. The van der Waals surface area contributed by atoms with Crippen LogP contribution in [0.1, 0.15) is 36.8 Å². The van der Waals surface area contributed by atoms with E-state index >= 15 is 0 Å². The van der Waals surface area contributed by atoms with Crippen molar-refractivity contribution in [3.63, 3.8) is 0 Å². The lowest BCUT2D eigenvalue weighted by atomic mass is 10.1. The number of hydrogen-bond acceptors (Lipinski definition) is 1. The molecule has 2 nitrogen and oxygen atoms in total. The summed E-state index contributed by atoms with van der Waals surface area (Å²) in [6, 6.07) is 21.0. The molecule has 0 aliphatic heterocycles. The van der Waals surface area contributed by atoms with Crippen molar-refractivity contribution < 1.29 is 4.79 Å². The molecule has 0 saturated heterocycles. The minimum Gasteiger partial charge on any atom is -0.353 e. The highest BCUT2D eigenvalue weighted by molar-refractivity contribution is 5.83. The van der Waals surface area contributed by atoms with Crippen LogP contribution in [0.5, 0.6) is 0 Å². The maximum atomic E-state index is 12.3. The summed E-state index contributed by atoms with van der Waals surface area (Å²) in [6.45, 7) is 2.10. The quantitative estimate of drug-likeness (QED) is 0.859. The molecule has 1 amide bonds. The molecule has 3 rings (SSSR count). The molecule has 2 heteroatoms.